The van der Waals surface area contributed by atoms with E-state index >= 15 is 0 Å². The second kappa shape index (κ2) is 6.37. The molecule has 0 aromatic rings. The summed E-state index contributed by atoms with van der Waals surface area (Å²) in [7, 11) is 1.86. The van der Waals surface area contributed by atoms with Crippen LogP contribution in [0, 0.1) is 5.41 Å². The van der Waals surface area contributed by atoms with Gasteiger partial charge in [0.1, 0.15) is 0 Å². The third-order valence-electron chi connectivity index (χ3n) is 1.33. The first-order valence-electron chi connectivity index (χ1n) is 3.70. The third kappa shape index (κ3) is 3.73. The van der Waals surface area contributed by atoms with Crippen molar-refractivity contribution in [1.29, 1.82) is 5.41 Å². The van der Waals surface area contributed by atoms with E-state index in [1.807, 2.05) is 13.1 Å². The van der Waals surface area contributed by atoms with Gasteiger partial charge in [-0.3, -0.25) is 0 Å². The number of likely N-dealkylation sites (N-methyl/N-ethyl adjacent to an activating group) is 1. The van der Waals surface area contributed by atoms with Gasteiger partial charge < -0.3 is 16.5 Å². The third-order valence-corrected chi connectivity index (χ3v) is 1.33. The number of hydrogen-bond donors (Lipinski definition) is 3. The summed E-state index contributed by atoms with van der Waals surface area (Å²) in [4.78, 5) is 0. The summed E-state index contributed by atoms with van der Waals surface area (Å²) in [5, 5.41) is 9.94. The molecule has 3 heteroatoms. The first kappa shape index (κ1) is 10.7. The van der Waals surface area contributed by atoms with Crippen LogP contribution in [0.2, 0.25) is 0 Å². The number of allylic oxidation sites excluding steroid dienone is 3. The van der Waals surface area contributed by atoms with Crippen molar-refractivity contribution in [3.63, 3.8) is 0 Å². The smallest absolute Gasteiger partial charge is 0.0400 e. The fourth-order valence-electron chi connectivity index (χ4n) is 0.660. The predicted octanol–water partition coefficient (Wildman–Crippen LogP) is 0.810. The minimum atomic E-state index is 0.565. The van der Waals surface area contributed by atoms with Gasteiger partial charge in [0.2, 0.25) is 0 Å². The molecule has 0 radical (unpaired) electrons. The Morgan fingerprint density at radius 1 is 1.67 bits per heavy atom. The average molecular weight is 165 g/mol. The molecule has 12 heavy (non-hydrogen) atoms. The summed E-state index contributed by atoms with van der Waals surface area (Å²) in [5.74, 6) is 0. The molecule has 0 spiro atoms. The predicted molar refractivity (Wildman–Crippen MR) is 53.3 cm³/mol. The highest BCUT2D eigenvalue weighted by Crippen LogP contribution is 1.97. The molecule has 0 aliphatic carbocycles. The van der Waals surface area contributed by atoms with Gasteiger partial charge in [0.25, 0.3) is 0 Å². The highest BCUT2D eigenvalue weighted by molar-refractivity contribution is 5.81. The average Bonchev–Trinajstić information content (AvgIpc) is 2.07. The molecule has 0 saturated heterocycles. The number of nitrogens with one attached hydrogen (secondary N) is 2. The van der Waals surface area contributed by atoms with E-state index in [1.165, 1.54) is 6.21 Å². The second-order valence-corrected chi connectivity index (χ2v) is 2.22. The molecule has 0 unspecified atom stereocenters. The number of hydrogen-bond acceptors (Lipinski definition) is 3. The standard InChI is InChI=1S/C9H15N3/c1-3-8(7-10)9(11)5-4-6-12-2/h3-5,7,10,12H,1,6,11H2,2H3/b5-4-,9-8-,10-7?. The van der Waals surface area contributed by atoms with Crippen molar-refractivity contribution in [3.05, 3.63) is 36.1 Å². The molecule has 0 aliphatic rings. The largest absolute Gasteiger partial charge is 0.398 e. The van der Waals surface area contributed by atoms with Crippen LogP contribution in [-0.4, -0.2) is 19.8 Å². The zero-order valence-corrected chi connectivity index (χ0v) is 7.30. The maximum Gasteiger partial charge on any atom is 0.0400 e. The highest BCUT2D eigenvalue weighted by Gasteiger charge is 1.89. The Morgan fingerprint density at radius 2 is 2.33 bits per heavy atom. The topological polar surface area (TPSA) is 61.9 Å². The lowest BCUT2D eigenvalue weighted by molar-refractivity contribution is 0.918. The summed E-state index contributed by atoms with van der Waals surface area (Å²) in [5.41, 5.74) is 6.83. The summed E-state index contributed by atoms with van der Waals surface area (Å²) in [6, 6.07) is 0. The van der Waals surface area contributed by atoms with Crippen molar-refractivity contribution in [2.24, 2.45) is 5.73 Å². The van der Waals surface area contributed by atoms with Crippen molar-refractivity contribution in [1.82, 2.24) is 5.32 Å². The molecule has 0 fully saturated rings. The van der Waals surface area contributed by atoms with Crippen LogP contribution >= 0.6 is 0 Å². The lowest BCUT2D eigenvalue weighted by atomic mass is 10.2. The van der Waals surface area contributed by atoms with Gasteiger partial charge in [0.05, 0.1) is 0 Å². The van der Waals surface area contributed by atoms with Crippen molar-refractivity contribution in [3.8, 4) is 0 Å². The quantitative estimate of drug-likeness (QED) is 0.417. The maximum absolute atomic E-state index is 6.99. The van der Waals surface area contributed by atoms with Gasteiger partial charge >= 0.3 is 0 Å². The number of rotatable bonds is 5. The van der Waals surface area contributed by atoms with Crippen molar-refractivity contribution < 1.29 is 0 Å². The Morgan fingerprint density at radius 3 is 2.75 bits per heavy atom. The fraction of sp³-hybridized carbons (Fsp3) is 0.222. The molecule has 0 amide bonds. The molecule has 3 nitrogen and oxygen atoms in total. The van der Waals surface area contributed by atoms with E-state index in [4.69, 9.17) is 11.1 Å². The van der Waals surface area contributed by atoms with Crippen LogP contribution < -0.4 is 11.1 Å². The molecule has 0 aliphatic heterocycles. The minimum absolute atomic E-state index is 0.565. The van der Waals surface area contributed by atoms with Crippen molar-refractivity contribution >= 4 is 6.21 Å². The van der Waals surface area contributed by atoms with E-state index in [-0.39, 0.29) is 0 Å². The van der Waals surface area contributed by atoms with E-state index in [9.17, 15) is 0 Å². The maximum atomic E-state index is 6.99. The Labute approximate surface area is 73.2 Å². The molecular formula is C9H15N3. The Bertz CT molecular complexity index is 204. The molecule has 0 bridgehead atoms. The summed E-state index contributed by atoms with van der Waals surface area (Å²) < 4.78 is 0. The molecule has 4 N–H and O–H groups in total. The van der Waals surface area contributed by atoms with Crippen LogP contribution in [0.5, 0.6) is 0 Å². The summed E-state index contributed by atoms with van der Waals surface area (Å²) in [6.45, 7) is 4.31. The van der Waals surface area contributed by atoms with Crippen LogP contribution in [0.15, 0.2) is 36.1 Å². The van der Waals surface area contributed by atoms with Gasteiger partial charge in [-0.05, 0) is 13.1 Å². The van der Waals surface area contributed by atoms with E-state index in [0.717, 1.165) is 6.54 Å². The lowest BCUT2D eigenvalue weighted by Gasteiger charge is -1.96. The van der Waals surface area contributed by atoms with Crippen LogP contribution in [0.25, 0.3) is 0 Å². The minimum Gasteiger partial charge on any atom is -0.398 e. The normalized spacial score (nSPS) is 12.8. The van der Waals surface area contributed by atoms with E-state index in [2.05, 4.69) is 11.9 Å². The van der Waals surface area contributed by atoms with Gasteiger partial charge in [-0.15, -0.1) is 0 Å². The van der Waals surface area contributed by atoms with Gasteiger partial charge in [-0.25, -0.2) is 0 Å². The van der Waals surface area contributed by atoms with Crippen LogP contribution in [0.3, 0.4) is 0 Å². The van der Waals surface area contributed by atoms with Crippen LogP contribution in [-0.2, 0) is 0 Å². The number of nitrogens with two attached hydrogens (primary N) is 1. The van der Waals surface area contributed by atoms with E-state index in [0.29, 0.717) is 11.3 Å². The zero-order valence-electron chi connectivity index (χ0n) is 7.30. The lowest BCUT2D eigenvalue weighted by Crippen LogP contribution is -2.05. The zero-order chi connectivity index (χ0) is 9.40. The highest BCUT2D eigenvalue weighted by atomic mass is 14.8. The molecule has 66 valence electrons. The van der Waals surface area contributed by atoms with Gasteiger partial charge in [0, 0.05) is 24.0 Å². The second-order valence-electron chi connectivity index (χ2n) is 2.22. The summed E-state index contributed by atoms with van der Waals surface area (Å²) >= 11 is 0. The monoisotopic (exact) mass is 165 g/mol. The molecule has 0 aromatic carbocycles. The first-order valence-corrected chi connectivity index (χ1v) is 3.70. The van der Waals surface area contributed by atoms with Gasteiger partial charge in [-0.1, -0.05) is 18.7 Å². The molecule has 0 heterocycles. The fourth-order valence-corrected chi connectivity index (χ4v) is 0.660. The Kier molecular flexibility index (Phi) is 5.65. The summed E-state index contributed by atoms with van der Waals surface area (Å²) in [6.07, 6.45) is 6.40. The Balaban J connectivity index is 4.32. The first-order chi connectivity index (χ1) is 5.76. The molecule has 0 rings (SSSR count). The van der Waals surface area contributed by atoms with Crippen LogP contribution in [0.1, 0.15) is 0 Å². The van der Waals surface area contributed by atoms with Gasteiger partial charge in [-0.2, -0.15) is 0 Å². The molecule has 0 aromatic heterocycles. The Hall–Kier alpha value is -1.35. The van der Waals surface area contributed by atoms with Crippen LogP contribution in [0.4, 0.5) is 0 Å². The van der Waals surface area contributed by atoms with Gasteiger partial charge in [0.15, 0.2) is 0 Å². The molecular weight excluding hydrogens is 150 g/mol. The van der Waals surface area contributed by atoms with Crippen molar-refractivity contribution in [2.75, 3.05) is 13.6 Å². The van der Waals surface area contributed by atoms with E-state index < -0.39 is 0 Å². The SMILES string of the molecule is C=C/C(C=N)=C(N)\C=C/CNC. The van der Waals surface area contributed by atoms with Crippen molar-refractivity contribution in [2.45, 2.75) is 0 Å². The molecule has 0 atom stereocenters. The van der Waals surface area contributed by atoms with E-state index in [1.54, 1.807) is 12.2 Å². The molecule has 0 saturated carbocycles.